The van der Waals surface area contributed by atoms with Crippen molar-refractivity contribution in [1.82, 2.24) is 5.32 Å². The van der Waals surface area contributed by atoms with Crippen LogP contribution in [0, 0.1) is 0 Å². The smallest absolute Gasteiger partial charge is 0.413 e. The fourth-order valence-corrected chi connectivity index (χ4v) is 3.31. The lowest BCUT2D eigenvalue weighted by Crippen LogP contribution is -2.38. The molecule has 3 N–H and O–H groups in total. The van der Waals surface area contributed by atoms with E-state index in [9.17, 15) is 4.79 Å². The van der Waals surface area contributed by atoms with Crippen molar-refractivity contribution in [2.24, 2.45) is 4.99 Å². The molecule has 6 heteroatoms. The van der Waals surface area contributed by atoms with Crippen molar-refractivity contribution in [1.29, 1.82) is 0 Å². The van der Waals surface area contributed by atoms with Gasteiger partial charge >= 0.3 is 6.09 Å². The van der Waals surface area contributed by atoms with E-state index in [2.05, 4.69) is 12.2 Å². The molecule has 0 saturated heterocycles. The average molecular weight is 321 g/mol. The second-order valence-electron chi connectivity index (χ2n) is 6.54. The van der Waals surface area contributed by atoms with Gasteiger partial charge in [0.05, 0.1) is 5.54 Å². The molecule has 1 aromatic carbocycles. The third kappa shape index (κ3) is 4.40. The number of nitrogen functional groups attached to an aromatic ring is 1. The highest BCUT2D eigenvalue weighted by atomic mass is 32.2. The third-order valence-corrected chi connectivity index (χ3v) is 4.17. The van der Waals surface area contributed by atoms with Crippen LogP contribution in [-0.4, -0.2) is 22.6 Å². The first kappa shape index (κ1) is 16.7. The molecular weight excluding hydrogens is 298 g/mol. The minimum atomic E-state index is -0.527. The molecule has 0 saturated carbocycles. The summed E-state index contributed by atoms with van der Waals surface area (Å²) >= 11 is 1.53. The molecule has 0 aromatic heterocycles. The number of alkyl carbamates (subject to hydrolysis) is 1. The molecule has 0 spiro atoms. The summed E-state index contributed by atoms with van der Waals surface area (Å²) in [7, 11) is 0. The fraction of sp³-hybridized carbons (Fsp3) is 0.500. The minimum absolute atomic E-state index is 0.384. The largest absolute Gasteiger partial charge is 0.444 e. The molecule has 0 fully saturated rings. The van der Waals surface area contributed by atoms with Crippen molar-refractivity contribution in [3.8, 4) is 0 Å². The zero-order valence-electron chi connectivity index (χ0n) is 13.5. The number of amidine groups is 1. The van der Waals surface area contributed by atoms with Crippen molar-refractivity contribution in [3.63, 3.8) is 0 Å². The van der Waals surface area contributed by atoms with Gasteiger partial charge in [0, 0.05) is 11.4 Å². The van der Waals surface area contributed by atoms with Crippen LogP contribution in [0.2, 0.25) is 0 Å². The molecule has 1 amide bonds. The maximum Gasteiger partial charge on any atom is 0.413 e. The van der Waals surface area contributed by atoms with Crippen molar-refractivity contribution in [2.45, 2.75) is 45.3 Å². The highest BCUT2D eigenvalue weighted by molar-refractivity contribution is 8.13. The van der Waals surface area contributed by atoms with Gasteiger partial charge in [-0.15, -0.1) is 0 Å². The number of hydrogen-bond donors (Lipinski definition) is 2. The Kier molecular flexibility index (Phi) is 4.70. The molecule has 5 nitrogen and oxygen atoms in total. The number of carbonyl (C=O) groups excluding carboxylic acids is 1. The Bertz CT molecular complexity index is 595. The first-order valence-electron chi connectivity index (χ1n) is 7.27. The lowest BCUT2D eigenvalue weighted by atomic mass is 9.89. The first-order chi connectivity index (χ1) is 10.2. The number of nitrogens with two attached hydrogens (primary N) is 1. The highest BCUT2D eigenvalue weighted by Gasteiger charge is 2.31. The normalized spacial score (nSPS) is 21.9. The van der Waals surface area contributed by atoms with E-state index < -0.39 is 11.7 Å². The van der Waals surface area contributed by atoms with Gasteiger partial charge in [0.15, 0.2) is 5.17 Å². The van der Waals surface area contributed by atoms with Crippen molar-refractivity contribution < 1.29 is 9.53 Å². The van der Waals surface area contributed by atoms with Crippen LogP contribution in [0.25, 0.3) is 0 Å². The van der Waals surface area contributed by atoms with E-state index >= 15 is 0 Å². The van der Waals surface area contributed by atoms with E-state index in [0.717, 1.165) is 17.7 Å². The van der Waals surface area contributed by atoms with Crippen molar-refractivity contribution >= 4 is 28.7 Å². The average Bonchev–Trinajstić information content (AvgIpc) is 2.36. The Morgan fingerprint density at radius 3 is 2.82 bits per heavy atom. The molecule has 22 heavy (non-hydrogen) atoms. The number of rotatable bonds is 1. The van der Waals surface area contributed by atoms with Crippen LogP contribution in [0.15, 0.2) is 29.3 Å². The zero-order valence-corrected chi connectivity index (χ0v) is 14.3. The number of anilines is 1. The van der Waals surface area contributed by atoms with Gasteiger partial charge in [-0.05, 0) is 51.8 Å². The number of amides is 1. The molecule has 2 rings (SSSR count). The van der Waals surface area contributed by atoms with Gasteiger partial charge in [-0.3, -0.25) is 10.3 Å². The highest BCUT2D eigenvalue weighted by Crippen LogP contribution is 2.36. The summed E-state index contributed by atoms with van der Waals surface area (Å²) in [4.78, 5) is 16.6. The molecule has 0 radical (unpaired) electrons. The Balaban J connectivity index is 2.16. The van der Waals surface area contributed by atoms with Crippen molar-refractivity contribution in [3.05, 3.63) is 29.8 Å². The summed E-state index contributed by atoms with van der Waals surface area (Å²) in [5.41, 5.74) is 6.72. The number of nitrogens with one attached hydrogen (secondary N) is 1. The Labute approximate surface area is 135 Å². The zero-order chi connectivity index (χ0) is 16.4. The quantitative estimate of drug-likeness (QED) is 0.776. The summed E-state index contributed by atoms with van der Waals surface area (Å²) in [6.07, 6.45) is 0.413. The molecule has 1 aliphatic rings. The Morgan fingerprint density at radius 2 is 2.18 bits per heavy atom. The predicted octanol–water partition coefficient (Wildman–Crippen LogP) is 3.50. The second-order valence-corrected chi connectivity index (χ2v) is 7.63. The molecule has 0 unspecified atom stereocenters. The molecule has 0 aliphatic carbocycles. The monoisotopic (exact) mass is 321 g/mol. The lowest BCUT2D eigenvalue weighted by Gasteiger charge is -2.31. The van der Waals surface area contributed by atoms with Crippen LogP contribution in [0.1, 0.15) is 39.7 Å². The topological polar surface area (TPSA) is 76.7 Å². The van der Waals surface area contributed by atoms with Crippen LogP contribution >= 0.6 is 11.8 Å². The van der Waals surface area contributed by atoms with Gasteiger partial charge in [0.25, 0.3) is 0 Å². The summed E-state index contributed by atoms with van der Waals surface area (Å²) in [6.45, 7) is 7.55. The van der Waals surface area contributed by atoms with Gasteiger partial charge in [0.1, 0.15) is 5.60 Å². The van der Waals surface area contributed by atoms with Crippen LogP contribution < -0.4 is 11.1 Å². The molecule has 1 aliphatic heterocycles. The number of ether oxygens (including phenoxy) is 1. The van der Waals surface area contributed by atoms with E-state index in [-0.39, 0.29) is 5.54 Å². The van der Waals surface area contributed by atoms with E-state index in [1.807, 2.05) is 45.0 Å². The summed E-state index contributed by atoms with van der Waals surface area (Å²) in [5.74, 6) is 0.875. The number of thioether (sulfide) groups is 1. The third-order valence-electron chi connectivity index (χ3n) is 3.29. The molecule has 1 atom stereocenters. The van der Waals surface area contributed by atoms with Gasteiger partial charge in [0.2, 0.25) is 0 Å². The summed E-state index contributed by atoms with van der Waals surface area (Å²) in [6, 6.07) is 7.73. The van der Waals surface area contributed by atoms with Crippen LogP contribution in [0.4, 0.5) is 10.5 Å². The molecule has 1 aromatic rings. The molecule has 0 bridgehead atoms. The van der Waals surface area contributed by atoms with Gasteiger partial charge in [-0.1, -0.05) is 23.9 Å². The number of hydrogen-bond acceptors (Lipinski definition) is 5. The number of benzene rings is 1. The predicted molar refractivity (Wildman–Crippen MR) is 92.1 cm³/mol. The molecule has 120 valence electrons. The SMILES string of the molecule is CC(C)(C)OC(=O)NC1=N[C@](C)(c2cccc(N)c2)CCS1. The van der Waals surface area contributed by atoms with Crippen LogP contribution in [0.3, 0.4) is 0 Å². The number of aliphatic imine (C=N–C) groups is 1. The van der Waals surface area contributed by atoms with Crippen molar-refractivity contribution in [2.75, 3.05) is 11.5 Å². The fourth-order valence-electron chi connectivity index (χ4n) is 2.20. The number of nitrogens with zero attached hydrogens (tertiary/aromatic N) is 1. The lowest BCUT2D eigenvalue weighted by molar-refractivity contribution is 0.0564. The van der Waals surface area contributed by atoms with E-state index in [0.29, 0.717) is 10.9 Å². The molecular formula is C16H23N3O2S. The standard InChI is InChI=1S/C16H23N3O2S/c1-15(2,3)21-14(20)18-13-19-16(4,8-9-22-13)11-6-5-7-12(17)10-11/h5-7,10H,8-9,17H2,1-4H3,(H,18,19,20)/t16-/m0/s1. The van der Waals surface area contributed by atoms with Gasteiger partial charge in [-0.2, -0.15) is 0 Å². The van der Waals surface area contributed by atoms with E-state index in [1.165, 1.54) is 11.8 Å². The summed E-state index contributed by atoms with van der Waals surface area (Å²) in [5, 5.41) is 3.32. The van der Waals surface area contributed by atoms with E-state index in [1.54, 1.807) is 0 Å². The number of carbonyl (C=O) groups is 1. The minimum Gasteiger partial charge on any atom is -0.444 e. The van der Waals surface area contributed by atoms with E-state index in [4.69, 9.17) is 15.5 Å². The second kappa shape index (κ2) is 6.20. The molecule has 1 heterocycles. The Hall–Kier alpha value is -1.69. The first-order valence-corrected chi connectivity index (χ1v) is 8.25. The Morgan fingerprint density at radius 1 is 1.45 bits per heavy atom. The van der Waals surface area contributed by atoms with Gasteiger partial charge < -0.3 is 10.5 Å². The summed E-state index contributed by atoms with van der Waals surface area (Å²) < 4.78 is 5.27. The van der Waals surface area contributed by atoms with Gasteiger partial charge in [-0.25, -0.2) is 4.79 Å². The van der Waals surface area contributed by atoms with Crippen LogP contribution in [0.5, 0.6) is 0 Å². The maximum absolute atomic E-state index is 11.9. The van der Waals surface area contributed by atoms with Crippen LogP contribution in [-0.2, 0) is 10.3 Å². The maximum atomic E-state index is 11.9.